The number of hydrogen-bond donors (Lipinski definition) is 5. The van der Waals surface area contributed by atoms with E-state index in [1.807, 2.05) is 6.92 Å². The fourth-order valence-corrected chi connectivity index (χ4v) is 5.79. The highest BCUT2D eigenvalue weighted by molar-refractivity contribution is 6.09. The summed E-state index contributed by atoms with van der Waals surface area (Å²) >= 11 is 0. The van der Waals surface area contributed by atoms with Gasteiger partial charge in [0.05, 0.1) is 12.8 Å². The second-order valence-corrected chi connectivity index (χ2v) is 11.0. The van der Waals surface area contributed by atoms with Gasteiger partial charge in [0, 0.05) is 19.0 Å². The van der Waals surface area contributed by atoms with E-state index in [0.717, 1.165) is 44.9 Å². The molecule has 2 aromatic rings. The Morgan fingerprint density at radius 1 is 1.12 bits per heavy atom. The molecule has 1 saturated heterocycles. The van der Waals surface area contributed by atoms with Crippen LogP contribution in [0.1, 0.15) is 75.4 Å². The Balaban J connectivity index is 1.76. The molecule has 2 fully saturated rings. The van der Waals surface area contributed by atoms with Crippen LogP contribution in [0.15, 0.2) is 36.5 Å². The summed E-state index contributed by atoms with van der Waals surface area (Å²) in [5.74, 6) is -1.18. The summed E-state index contributed by atoms with van der Waals surface area (Å²) in [6.07, 6.45) is 2.34. The topological polar surface area (TPSA) is 179 Å². The Morgan fingerprint density at radius 3 is 2.48 bits per heavy atom. The number of carbonyl (C=O) groups is 3. The van der Waals surface area contributed by atoms with Crippen molar-refractivity contribution in [3.8, 4) is 0 Å². The summed E-state index contributed by atoms with van der Waals surface area (Å²) in [5.41, 5.74) is 0.373. The van der Waals surface area contributed by atoms with Crippen LogP contribution in [-0.2, 0) is 14.3 Å². The molecule has 1 aromatic carbocycles. The van der Waals surface area contributed by atoms with Gasteiger partial charge in [-0.25, -0.2) is 4.68 Å². The number of unbranched alkanes of at least 4 members (excludes halogenated alkanes) is 1. The van der Waals surface area contributed by atoms with Gasteiger partial charge in [-0.3, -0.25) is 19.3 Å². The van der Waals surface area contributed by atoms with Crippen LogP contribution in [0.2, 0.25) is 0 Å². The maximum absolute atomic E-state index is 14.1. The SMILES string of the molecule is CCCCNC(=O)C(C1CCCCC1)N(C(=O)c1ccccc1)c1cn(C2OC(CO)C(O)C(O)C2NC(C)=O)nn1. The van der Waals surface area contributed by atoms with E-state index in [-0.39, 0.29) is 17.6 Å². The summed E-state index contributed by atoms with van der Waals surface area (Å²) in [6, 6.07) is 6.65. The number of rotatable bonds is 11. The zero-order valence-corrected chi connectivity index (χ0v) is 24.1. The van der Waals surface area contributed by atoms with Crippen LogP contribution in [-0.4, -0.2) is 91.6 Å². The second kappa shape index (κ2) is 14.7. The van der Waals surface area contributed by atoms with Crippen LogP contribution in [0.5, 0.6) is 0 Å². The molecule has 1 aromatic heterocycles. The number of nitrogens with one attached hydrogen (secondary N) is 2. The summed E-state index contributed by atoms with van der Waals surface area (Å²) in [5, 5.41) is 45.0. The van der Waals surface area contributed by atoms with Gasteiger partial charge in [0.15, 0.2) is 12.0 Å². The van der Waals surface area contributed by atoms with Crippen molar-refractivity contribution in [1.29, 1.82) is 0 Å². The Kier molecular flexibility index (Phi) is 11.0. The van der Waals surface area contributed by atoms with Crippen molar-refractivity contribution in [2.75, 3.05) is 18.1 Å². The Morgan fingerprint density at radius 2 is 1.83 bits per heavy atom. The summed E-state index contributed by atoms with van der Waals surface area (Å²) < 4.78 is 7.08. The van der Waals surface area contributed by atoms with Gasteiger partial charge in [-0.2, -0.15) is 0 Å². The van der Waals surface area contributed by atoms with Gasteiger partial charge >= 0.3 is 0 Å². The summed E-state index contributed by atoms with van der Waals surface area (Å²) in [6.45, 7) is 3.18. The molecule has 230 valence electrons. The summed E-state index contributed by atoms with van der Waals surface area (Å²) in [7, 11) is 0. The van der Waals surface area contributed by atoms with Gasteiger partial charge in [0.2, 0.25) is 11.8 Å². The average molecular weight is 587 g/mol. The Hall–Kier alpha value is -3.39. The maximum atomic E-state index is 14.1. The van der Waals surface area contributed by atoms with Crippen LogP contribution in [0.3, 0.4) is 0 Å². The van der Waals surface area contributed by atoms with Gasteiger partial charge in [-0.05, 0) is 37.3 Å². The normalized spacial score (nSPS) is 25.4. The maximum Gasteiger partial charge on any atom is 0.260 e. The smallest absolute Gasteiger partial charge is 0.260 e. The molecule has 1 aliphatic carbocycles. The van der Waals surface area contributed by atoms with E-state index in [1.54, 1.807) is 30.3 Å². The lowest BCUT2D eigenvalue weighted by molar-refractivity contribution is -0.219. The molecule has 2 aliphatic rings. The van der Waals surface area contributed by atoms with Gasteiger partial charge < -0.3 is 30.7 Å². The molecular formula is C29H42N6O7. The molecule has 5 N–H and O–H groups in total. The average Bonchev–Trinajstić information content (AvgIpc) is 3.48. The highest BCUT2D eigenvalue weighted by atomic mass is 16.5. The molecule has 4 rings (SSSR count). The van der Waals surface area contributed by atoms with Crippen LogP contribution in [0.4, 0.5) is 5.82 Å². The molecule has 3 amide bonds. The third-order valence-electron chi connectivity index (χ3n) is 7.99. The molecule has 13 heteroatoms. The van der Waals surface area contributed by atoms with Gasteiger partial charge in [-0.15, -0.1) is 5.10 Å². The molecule has 0 spiro atoms. The molecule has 2 heterocycles. The lowest BCUT2D eigenvalue weighted by Crippen LogP contribution is -2.62. The van der Waals surface area contributed by atoms with Crippen molar-refractivity contribution >= 4 is 23.5 Å². The first-order valence-electron chi connectivity index (χ1n) is 14.7. The minimum absolute atomic E-state index is 0.0939. The van der Waals surface area contributed by atoms with Crippen molar-refractivity contribution in [2.45, 2.75) is 95.4 Å². The molecule has 6 unspecified atom stereocenters. The number of anilines is 1. The predicted molar refractivity (Wildman–Crippen MR) is 152 cm³/mol. The highest BCUT2D eigenvalue weighted by Crippen LogP contribution is 2.34. The molecule has 13 nitrogen and oxygen atoms in total. The summed E-state index contributed by atoms with van der Waals surface area (Å²) in [4.78, 5) is 41.3. The third kappa shape index (κ3) is 7.14. The first-order valence-corrected chi connectivity index (χ1v) is 14.7. The van der Waals surface area contributed by atoms with Crippen molar-refractivity contribution in [1.82, 2.24) is 25.6 Å². The zero-order valence-electron chi connectivity index (χ0n) is 24.1. The predicted octanol–water partition coefficient (Wildman–Crippen LogP) is 0.906. The molecule has 0 radical (unpaired) electrons. The lowest BCUT2D eigenvalue weighted by Gasteiger charge is -2.42. The van der Waals surface area contributed by atoms with E-state index < -0.39 is 55.0 Å². The minimum atomic E-state index is -1.49. The van der Waals surface area contributed by atoms with Crippen LogP contribution >= 0.6 is 0 Å². The largest absolute Gasteiger partial charge is 0.394 e. The Labute approximate surface area is 245 Å². The molecule has 0 bridgehead atoms. The molecule has 42 heavy (non-hydrogen) atoms. The van der Waals surface area contributed by atoms with E-state index in [0.29, 0.717) is 12.1 Å². The van der Waals surface area contributed by atoms with E-state index in [2.05, 4.69) is 20.9 Å². The monoisotopic (exact) mass is 586 g/mol. The molecule has 6 atom stereocenters. The number of nitrogens with zero attached hydrogens (tertiary/aromatic N) is 4. The fourth-order valence-electron chi connectivity index (χ4n) is 5.79. The molecule has 1 saturated carbocycles. The van der Waals surface area contributed by atoms with Gasteiger partial charge in [-0.1, -0.05) is 56.0 Å². The van der Waals surface area contributed by atoms with E-state index in [1.165, 1.54) is 22.7 Å². The number of hydrogen-bond acceptors (Lipinski definition) is 9. The molecular weight excluding hydrogens is 544 g/mol. The van der Waals surface area contributed by atoms with Crippen LogP contribution < -0.4 is 15.5 Å². The van der Waals surface area contributed by atoms with Crippen molar-refractivity contribution in [3.05, 3.63) is 42.1 Å². The number of aliphatic hydroxyl groups excluding tert-OH is 3. The Bertz CT molecular complexity index is 1190. The van der Waals surface area contributed by atoms with Crippen molar-refractivity contribution < 1.29 is 34.4 Å². The van der Waals surface area contributed by atoms with E-state index in [9.17, 15) is 29.7 Å². The minimum Gasteiger partial charge on any atom is -0.394 e. The first-order chi connectivity index (χ1) is 20.3. The van der Waals surface area contributed by atoms with Crippen molar-refractivity contribution in [2.24, 2.45) is 5.92 Å². The van der Waals surface area contributed by atoms with Gasteiger partial charge in [0.1, 0.15) is 30.4 Å². The number of benzene rings is 1. The first kappa shape index (κ1) is 31.5. The number of carbonyl (C=O) groups excluding carboxylic acids is 3. The van der Waals surface area contributed by atoms with Crippen LogP contribution in [0, 0.1) is 5.92 Å². The molecule has 1 aliphatic heterocycles. The third-order valence-corrected chi connectivity index (χ3v) is 7.99. The van der Waals surface area contributed by atoms with Crippen molar-refractivity contribution in [3.63, 3.8) is 0 Å². The zero-order chi connectivity index (χ0) is 30.2. The highest BCUT2D eigenvalue weighted by Gasteiger charge is 2.47. The van der Waals surface area contributed by atoms with E-state index >= 15 is 0 Å². The quantitative estimate of drug-likeness (QED) is 0.239. The van der Waals surface area contributed by atoms with Gasteiger partial charge in [0.25, 0.3) is 5.91 Å². The lowest BCUT2D eigenvalue weighted by atomic mass is 9.82. The number of aromatic nitrogens is 3. The van der Waals surface area contributed by atoms with Crippen LogP contribution in [0.25, 0.3) is 0 Å². The fraction of sp³-hybridized carbons (Fsp3) is 0.621. The van der Waals surface area contributed by atoms with E-state index in [4.69, 9.17) is 4.74 Å². The number of ether oxygens (including phenoxy) is 1. The number of amides is 3. The second-order valence-electron chi connectivity index (χ2n) is 11.0. The standard InChI is InChI=1S/C29H42N6O7/c1-3-4-15-30-27(40)24(19-11-7-5-8-12-19)35(28(41)20-13-9-6-10-14-20)22-16-34(33-32-22)29-23(31-18(2)37)26(39)25(38)21(17-36)42-29/h6,9-10,13-14,16,19,21,23-26,29,36,38-39H,3-5,7-8,11-12,15,17H2,1-2H3,(H,30,40)(H,31,37). The number of aliphatic hydroxyl groups is 3.